The van der Waals surface area contributed by atoms with E-state index in [0.29, 0.717) is 15.2 Å². The second kappa shape index (κ2) is 9.62. The van der Waals surface area contributed by atoms with Crippen LogP contribution in [0.15, 0.2) is 77.3 Å². The third-order valence-corrected chi connectivity index (χ3v) is 4.99. The molecule has 1 unspecified atom stereocenters. The van der Waals surface area contributed by atoms with Gasteiger partial charge in [-0.25, -0.2) is 0 Å². The van der Waals surface area contributed by atoms with Crippen LogP contribution in [0.1, 0.15) is 17.2 Å². The average molecular weight is 461 g/mol. The van der Waals surface area contributed by atoms with Crippen LogP contribution in [0.5, 0.6) is 11.5 Å². The van der Waals surface area contributed by atoms with Gasteiger partial charge < -0.3 is 14.8 Å². The summed E-state index contributed by atoms with van der Waals surface area (Å²) in [6.45, 7) is -0.111. The van der Waals surface area contributed by atoms with E-state index in [1.807, 2.05) is 54.6 Å². The van der Waals surface area contributed by atoms with Crippen LogP contribution in [0, 0.1) is 0 Å². The number of benzene rings is 3. The normalized spacial score (nSPS) is 11.5. The van der Waals surface area contributed by atoms with Crippen molar-refractivity contribution in [2.45, 2.75) is 6.04 Å². The molecular formula is C22H19BrClNO3. The van der Waals surface area contributed by atoms with E-state index in [1.54, 1.807) is 25.3 Å². The zero-order chi connectivity index (χ0) is 19.9. The molecule has 0 spiro atoms. The fourth-order valence-electron chi connectivity index (χ4n) is 2.74. The molecule has 0 saturated heterocycles. The largest absolute Gasteiger partial charge is 0.497 e. The molecule has 0 aliphatic rings. The Morgan fingerprint density at radius 1 is 1.04 bits per heavy atom. The molecule has 0 heterocycles. The van der Waals surface area contributed by atoms with E-state index in [2.05, 4.69) is 21.2 Å². The molecule has 144 valence electrons. The molecule has 0 bridgehead atoms. The maximum Gasteiger partial charge on any atom is 0.258 e. The lowest BCUT2D eigenvalue weighted by Gasteiger charge is -2.20. The van der Waals surface area contributed by atoms with Crippen molar-refractivity contribution in [2.75, 3.05) is 13.7 Å². The van der Waals surface area contributed by atoms with Gasteiger partial charge in [-0.3, -0.25) is 4.79 Å². The summed E-state index contributed by atoms with van der Waals surface area (Å²) in [7, 11) is 1.62. The third kappa shape index (κ3) is 5.27. The van der Waals surface area contributed by atoms with Crippen LogP contribution >= 0.6 is 27.5 Å². The van der Waals surface area contributed by atoms with Gasteiger partial charge in [-0.05, 0) is 57.4 Å². The highest BCUT2D eigenvalue weighted by atomic mass is 79.9. The van der Waals surface area contributed by atoms with Crippen molar-refractivity contribution in [1.29, 1.82) is 0 Å². The van der Waals surface area contributed by atoms with E-state index in [-0.39, 0.29) is 18.6 Å². The number of carbonyl (C=O) groups excluding carboxylic acids is 1. The predicted molar refractivity (Wildman–Crippen MR) is 114 cm³/mol. The van der Waals surface area contributed by atoms with Crippen molar-refractivity contribution >= 4 is 33.4 Å². The van der Waals surface area contributed by atoms with E-state index in [9.17, 15) is 4.79 Å². The summed E-state index contributed by atoms with van der Waals surface area (Å²) in [5.41, 5.74) is 1.93. The fraction of sp³-hybridized carbons (Fsp3) is 0.136. The van der Waals surface area contributed by atoms with E-state index >= 15 is 0 Å². The molecule has 3 rings (SSSR count). The Kier molecular flexibility index (Phi) is 6.95. The second-order valence-corrected chi connectivity index (χ2v) is 7.34. The first-order valence-corrected chi connectivity index (χ1v) is 9.80. The molecule has 4 nitrogen and oxygen atoms in total. The number of halogens is 2. The lowest BCUT2D eigenvalue weighted by atomic mass is 9.98. The predicted octanol–water partition coefficient (Wildman–Crippen LogP) is 5.40. The van der Waals surface area contributed by atoms with Crippen LogP contribution in [0.4, 0.5) is 0 Å². The van der Waals surface area contributed by atoms with Gasteiger partial charge in [-0.2, -0.15) is 0 Å². The second-order valence-electron chi connectivity index (χ2n) is 6.05. The summed E-state index contributed by atoms with van der Waals surface area (Å²) < 4.78 is 11.5. The summed E-state index contributed by atoms with van der Waals surface area (Å²) in [5, 5.41) is 3.63. The number of rotatable bonds is 7. The maximum atomic E-state index is 12.6. The highest BCUT2D eigenvalue weighted by Crippen LogP contribution is 2.28. The zero-order valence-corrected chi connectivity index (χ0v) is 17.5. The molecular weight excluding hydrogens is 442 g/mol. The minimum atomic E-state index is -0.295. The number of hydrogen-bond donors (Lipinski definition) is 1. The van der Waals surface area contributed by atoms with Gasteiger partial charge in [0.1, 0.15) is 11.5 Å². The van der Waals surface area contributed by atoms with Crippen LogP contribution in [-0.4, -0.2) is 19.6 Å². The van der Waals surface area contributed by atoms with Crippen LogP contribution in [0.2, 0.25) is 5.02 Å². The molecule has 0 radical (unpaired) electrons. The Morgan fingerprint density at radius 2 is 1.71 bits per heavy atom. The lowest BCUT2D eigenvalue weighted by Crippen LogP contribution is -2.33. The molecule has 0 fully saturated rings. The molecule has 1 amide bonds. The Hall–Kier alpha value is -2.50. The van der Waals surface area contributed by atoms with E-state index in [0.717, 1.165) is 16.9 Å². The van der Waals surface area contributed by atoms with E-state index in [1.165, 1.54) is 0 Å². The Balaban J connectivity index is 1.74. The van der Waals surface area contributed by atoms with Gasteiger partial charge in [-0.1, -0.05) is 54.1 Å². The summed E-state index contributed by atoms with van der Waals surface area (Å²) in [5.74, 6) is 1.09. The summed E-state index contributed by atoms with van der Waals surface area (Å²) in [6, 6.07) is 22.3. The topological polar surface area (TPSA) is 47.6 Å². The van der Waals surface area contributed by atoms with Gasteiger partial charge in [0, 0.05) is 5.02 Å². The molecule has 3 aromatic rings. The first-order chi connectivity index (χ1) is 13.6. The first kappa shape index (κ1) is 20.2. The molecule has 3 aromatic carbocycles. The Morgan fingerprint density at radius 3 is 2.36 bits per heavy atom. The SMILES string of the molecule is COc1ccc(C(NC(=O)COc2ccc(Cl)cc2Br)c2ccccc2)cc1. The van der Waals surface area contributed by atoms with Crippen LogP contribution in [-0.2, 0) is 4.79 Å². The highest BCUT2D eigenvalue weighted by Gasteiger charge is 2.17. The van der Waals surface area contributed by atoms with Crippen molar-refractivity contribution in [1.82, 2.24) is 5.32 Å². The van der Waals surface area contributed by atoms with Gasteiger partial charge in [0.05, 0.1) is 17.6 Å². The zero-order valence-electron chi connectivity index (χ0n) is 15.2. The van der Waals surface area contributed by atoms with Crippen molar-refractivity contribution in [3.8, 4) is 11.5 Å². The molecule has 6 heteroatoms. The van der Waals surface area contributed by atoms with Crippen LogP contribution in [0.3, 0.4) is 0 Å². The number of amides is 1. The number of methoxy groups -OCH3 is 1. The standard InChI is InChI=1S/C22H19BrClNO3/c1-27-18-10-7-16(8-11-18)22(15-5-3-2-4-6-15)25-21(26)14-28-20-12-9-17(24)13-19(20)23/h2-13,22H,14H2,1H3,(H,25,26). The Labute approximate surface area is 177 Å². The quantitative estimate of drug-likeness (QED) is 0.514. The number of ether oxygens (including phenoxy) is 2. The smallest absolute Gasteiger partial charge is 0.258 e. The van der Waals surface area contributed by atoms with Crippen molar-refractivity contribution < 1.29 is 14.3 Å². The average Bonchev–Trinajstić information content (AvgIpc) is 2.72. The number of carbonyl (C=O) groups is 1. The molecule has 1 N–H and O–H groups in total. The molecule has 0 aliphatic carbocycles. The van der Waals surface area contributed by atoms with Crippen molar-refractivity contribution in [3.05, 3.63) is 93.4 Å². The monoisotopic (exact) mass is 459 g/mol. The van der Waals surface area contributed by atoms with Gasteiger partial charge >= 0.3 is 0 Å². The summed E-state index contributed by atoms with van der Waals surface area (Å²) >= 11 is 9.31. The lowest BCUT2D eigenvalue weighted by molar-refractivity contribution is -0.123. The molecule has 0 aliphatic heterocycles. The van der Waals surface area contributed by atoms with Crippen LogP contribution in [0.25, 0.3) is 0 Å². The number of nitrogens with one attached hydrogen (secondary N) is 1. The molecule has 1 atom stereocenters. The molecule has 28 heavy (non-hydrogen) atoms. The maximum absolute atomic E-state index is 12.6. The van der Waals surface area contributed by atoms with Crippen molar-refractivity contribution in [2.24, 2.45) is 0 Å². The molecule has 0 aromatic heterocycles. The minimum absolute atomic E-state index is 0.111. The van der Waals surface area contributed by atoms with Gasteiger partial charge in [-0.15, -0.1) is 0 Å². The number of hydrogen-bond acceptors (Lipinski definition) is 3. The molecule has 0 saturated carbocycles. The minimum Gasteiger partial charge on any atom is -0.497 e. The third-order valence-electron chi connectivity index (χ3n) is 4.14. The van der Waals surface area contributed by atoms with E-state index in [4.69, 9.17) is 21.1 Å². The van der Waals surface area contributed by atoms with Crippen LogP contribution < -0.4 is 14.8 Å². The summed E-state index contributed by atoms with van der Waals surface area (Å²) in [4.78, 5) is 12.6. The Bertz CT molecular complexity index is 932. The van der Waals surface area contributed by atoms with Gasteiger partial charge in [0.15, 0.2) is 6.61 Å². The van der Waals surface area contributed by atoms with E-state index < -0.39 is 0 Å². The fourth-order valence-corrected chi connectivity index (χ4v) is 3.54. The first-order valence-electron chi connectivity index (χ1n) is 8.63. The van der Waals surface area contributed by atoms with Gasteiger partial charge in [0.25, 0.3) is 5.91 Å². The van der Waals surface area contributed by atoms with Gasteiger partial charge in [0.2, 0.25) is 0 Å². The van der Waals surface area contributed by atoms with Crippen molar-refractivity contribution in [3.63, 3.8) is 0 Å². The highest BCUT2D eigenvalue weighted by molar-refractivity contribution is 9.10. The summed E-state index contributed by atoms with van der Waals surface area (Å²) in [6.07, 6.45) is 0.